The molecular formula is C13H16N2O4S. The molecule has 2 heterocycles. The van der Waals surface area contributed by atoms with E-state index in [-0.39, 0.29) is 31.1 Å². The van der Waals surface area contributed by atoms with Crippen molar-refractivity contribution >= 4 is 15.9 Å². The van der Waals surface area contributed by atoms with E-state index >= 15 is 0 Å². The first kappa shape index (κ1) is 13.4. The third-order valence-corrected chi connectivity index (χ3v) is 5.12. The zero-order chi connectivity index (χ0) is 14.5. The van der Waals surface area contributed by atoms with Gasteiger partial charge in [0.1, 0.15) is 11.9 Å². The molecule has 0 bridgehead atoms. The van der Waals surface area contributed by atoms with Crippen molar-refractivity contribution in [2.24, 2.45) is 0 Å². The molecule has 1 fully saturated rings. The number of fused-ring (bicyclic) bond motifs is 2. The molecule has 1 aromatic rings. The molecule has 1 saturated heterocycles. The van der Waals surface area contributed by atoms with Crippen LogP contribution in [0.1, 0.15) is 10.4 Å². The lowest BCUT2D eigenvalue weighted by molar-refractivity contribution is 0.0683. The first-order valence-electron chi connectivity index (χ1n) is 6.36. The van der Waals surface area contributed by atoms with E-state index in [0.29, 0.717) is 11.3 Å². The largest absolute Gasteiger partial charge is 0.486 e. The molecule has 3 rings (SSSR count). The molecule has 2 atom stereocenters. The lowest BCUT2D eigenvalue weighted by atomic mass is 10.1. The molecule has 20 heavy (non-hydrogen) atoms. The normalized spacial score (nSPS) is 26.7. The van der Waals surface area contributed by atoms with Gasteiger partial charge in [-0.1, -0.05) is 12.1 Å². The molecule has 0 saturated carbocycles. The summed E-state index contributed by atoms with van der Waals surface area (Å²) < 4.78 is 30.6. The lowest BCUT2D eigenvalue weighted by Crippen LogP contribution is -2.44. The third-order valence-electron chi connectivity index (χ3n) is 3.89. The Hall–Kier alpha value is -1.60. The summed E-state index contributed by atoms with van der Waals surface area (Å²) in [4.78, 5) is 14.0. The van der Waals surface area contributed by atoms with Crippen LogP contribution >= 0.6 is 0 Å². The van der Waals surface area contributed by atoms with E-state index in [9.17, 15) is 13.2 Å². The minimum absolute atomic E-state index is 0.136. The zero-order valence-corrected chi connectivity index (χ0v) is 12.1. The highest BCUT2D eigenvalue weighted by atomic mass is 32.2. The van der Waals surface area contributed by atoms with Gasteiger partial charge in [0.2, 0.25) is 10.0 Å². The predicted molar refractivity (Wildman–Crippen MR) is 73.2 cm³/mol. The number of ether oxygens (including phenoxy) is 1. The first-order valence-corrected chi connectivity index (χ1v) is 8.21. The van der Waals surface area contributed by atoms with Crippen molar-refractivity contribution in [1.29, 1.82) is 0 Å². The number of para-hydroxylation sites is 1. The molecule has 0 unspecified atom stereocenters. The fraction of sp³-hybridized carbons (Fsp3) is 0.462. The van der Waals surface area contributed by atoms with Gasteiger partial charge in [-0.3, -0.25) is 4.79 Å². The average Bonchev–Trinajstić information content (AvgIpc) is 2.78. The first-order chi connectivity index (χ1) is 9.38. The zero-order valence-electron chi connectivity index (χ0n) is 11.3. The summed E-state index contributed by atoms with van der Waals surface area (Å²) in [6.07, 6.45) is 0.843. The number of carbonyl (C=O) groups excluding carboxylic acids is 1. The number of likely N-dealkylation sites (N-methyl/N-ethyl adjacent to an activating group) is 1. The maximum atomic E-state index is 12.4. The summed E-state index contributed by atoms with van der Waals surface area (Å²) in [6.45, 7) is 0.551. The van der Waals surface area contributed by atoms with Crippen LogP contribution in [0.2, 0.25) is 0 Å². The van der Waals surface area contributed by atoms with Crippen LogP contribution in [0, 0.1) is 0 Å². The molecule has 7 heteroatoms. The van der Waals surface area contributed by atoms with Crippen molar-refractivity contribution in [3.05, 3.63) is 29.8 Å². The van der Waals surface area contributed by atoms with Gasteiger partial charge in [0.25, 0.3) is 5.91 Å². The topological polar surface area (TPSA) is 66.9 Å². The van der Waals surface area contributed by atoms with Gasteiger partial charge in [-0.05, 0) is 12.1 Å². The summed E-state index contributed by atoms with van der Waals surface area (Å²) >= 11 is 0. The maximum absolute atomic E-state index is 12.4. The summed E-state index contributed by atoms with van der Waals surface area (Å²) in [7, 11) is -1.58. The lowest BCUT2D eigenvalue weighted by Gasteiger charge is -2.25. The number of carbonyl (C=O) groups is 1. The number of rotatable bonds is 1. The Morgan fingerprint density at radius 2 is 1.95 bits per heavy atom. The van der Waals surface area contributed by atoms with Crippen LogP contribution in [0.15, 0.2) is 24.3 Å². The van der Waals surface area contributed by atoms with Crippen LogP contribution < -0.4 is 4.74 Å². The van der Waals surface area contributed by atoms with Gasteiger partial charge in [0.15, 0.2) is 0 Å². The van der Waals surface area contributed by atoms with Crippen LogP contribution in [0.3, 0.4) is 0 Å². The molecule has 0 aromatic heterocycles. The Kier molecular flexibility index (Phi) is 2.98. The van der Waals surface area contributed by atoms with Crippen LogP contribution in [0.5, 0.6) is 5.75 Å². The molecular weight excluding hydrogens is 280 g/mol. The Labute approximate surface area is 118 Å². The van der Waals surface area contributed by atoms with E-state index in [2.05, 4.69) is 0 Å². The van der Waals surface area contributed by atoms with Crippen molar-refractivity contribution in [2.75, 3.05) is 26.4 Å². The minimum Gasteiger partial charge on any atom is -0.486 e. The van der Waals surface area contributed by atoms with Crippen molar-refractivity contribution in [3.8, 4) is 5.75 Å². The van der Waals surface area contributed by atoms with E-state index in [1.807, 2.05) is 0 Å². The standard InChI is InChI=1S/C13H16N2O4S/c1-14-10-7-15(20(2,17)18)8-12(10)19-11-6-4-3-5-9(11)13(14)16/h3-6,10,12H,7-8H2,1-2H3/t10-,12+/m1/s1. The van der Waals surface area contributed by atoms with Crippen LogP contribution in [0.4, 0.5) is 0 Å². The number of benzene rings is 1. The molecule has 2 aliphatic heterocycles. The fourth-order valence-corrected chi connectivity index (χ4v) is 3.57. The molecule has 0 N–H and O–H groups in total. The van der Waals surface area contributed by atoms with Crippen molar-refractivity contribution in [2.45, 2.75) is 12.1 Å². The molecule has 108 valence electrons. The van der Waals surface area contributed by atoms with Crippen LogP contribution in [0.25, 0.3) is 0 Å². The van der Waals surface area contributed by atoms with Gasteiger partial charge in [-0.2, -0.15) is 4.31 Å². The Bertz CT molecular complexity index is 658. The quantitative estimate of drug-likeness (QED) is 0.740. The fourth-order valence-electron chi connectivity index (χ4n) is 2.73. The Morgan fingerprint density at radius 3 is 2.65 bits per heavy atom. The number of sulfonamides is 1. The van der Waals surface area contributed by atoms with Crippen molar-refractivity contribution in [3.63, 3.8) is 0 Å². The second-order valence-electron chi connectivity index (χ2n) is 5.22. The van der Waals surface area contributed by atoms with Gasteiger partial charge in [-0.15, -0.1) is 0 Å². The number of hydrogen-bond donors (Lipinski definition) is 0. The monoisotopic (exact) mass is 296 g/mol. The van der Waals surface area contributed by atoms with Gasteiger partial charge in [0, 0.05) is 13.6 Å². The highest BCUT2D eigenvalue weighted by molar-refractivity contribution is 7.88. The highest BCUT2D eigenvalue weighted by Crippen LogP contribution is 2.30. The van der Waals surface area contributed by atoms with Gasteiger partial charge in [0.05, 0.1) is 24.4 Å². The Morgan fingerprint density at radius 1 is 1.25 bits per heavy atom. The SMILES string of the molecule is CN1C(=O)c2ccccc2O[C@H]2CN(S(C)(=O)=O)C[C@H]21. The summed E-state index contributed by atoms with van der Waals surface area (Å²) in [5, 5.41) is 0. The predicted octanol–water partition coefficient (Wildman–Crippen LogP) is 0.163. The second-order valence-corrected chi connectivity index (χ2v) is 7.20. The van der Waals surface area contributed by atoms with E-state index in [1.54, 1.807) is 36.2 Å². The molecule has 6 nitrogen and oxygen atoms in total. The molecule has 0 aliphatic carbocycles. The van der Waals surface area contributed by atoms with Gasteiger partial charge >= 0.3 is 0 Å². The highest BCUT2D eigenvalue weighted by Gasteiger charge is 2.44. The second kappa shape index (κ2) is 4.46. The molecule has 2 aliphatic rings. The van der Waals surface area contributed by atoms with E-state index < -0.39 is 10.0 Å². The van der Waals surface area contributed by atoms with E-state index in [4.69, 9.17) is 4.74 Å². The number of hydrogen-bond acceptors (Lipinski definition) is 4. The van der Waals surface area contributed by atoms with E-state index in [0.717, 1.165) is 0 Å². The summed E-state index contributed by atoms with van der Waals surface area (Å²) in [6, 6.07) is 6.80. The molecule has 0 radical (unpaired) electrons. The van der Waals surface area contributed by atoms with Crippen LogP contribution in [-0.4, -0.2) is 62.1 Å². The smallest absolute Gasteiger partial charge is 0.257 e. The van der Waals surface area contributed by atoms with Crippen LogP contribution in [-0.2, 0) is 10.0 Å². The Balaban J connectivity index is 1.99. The molecule has 1 aromatic carbocycles. The number of amides is 1. The summed E-state index contributed by atoms with van der Waals surface area (Å²) in [5.41, 5.74) is 0.523. The number of nitrogens with zero attached hydrogens (tertiary/aromatic N) is 2. The third kappa shape index (κ3) is 2.06. The van der Waals surface area contributed by atoms with Crippen molar-refractivity contribution in [1.82, 2.24) is 9.21 Å². The van der Waals surface area contributed by atoms with Gasteiger partial charge < -0.3 is 9.64 Å². The summed E-state index contributed by atoms with van der Waals surface area (Å²) in [5.74, 6) is 0.385. The van der Waals surface area contributed by atoms with Gasteiger partial charge in [-0.25, -0.2) is 8.42 Å². The maximum Gasteiger partial charge on any atom is 0.257 e. The minimum atomic E-state index is -3.28. The molecule has 0 spiro atoms. The average molecular weight is 296 g/mol. The van der Waals surface area contributed by atoms with E-state index in [1.165, 1.54) is 10.6 Å². The van der Waals surface area contributed by atoms with Crippen molar-refractivity contribution < 1.29 is 17.9 Å². The molecule has 1 amide bonds.